The molecule has 5 saturated carbocycles. The second kappa shape index (κ2) is 8.44. The summed E-state index contributed by atoms with van der Waals surface area (Å²) in [5.41, 5.74) is 7.39. The van der Waals surface area contributed by atoms with E-state index >= 15 is 0 Å². The Balaban J connectivity index is 1.40. The molecule has 4 heteroatoms. The van der Waals surface area contributed by atoms with Crippen LogP contribution in [0.15, 0.2) is 35.3 Å². The van der Waals surface area contributed by atoms with Crippen LogP contribution in [0.25, 0.3) is 0 Å². The van der Waals surface area contributed by atoms with Crippen molar-refractivity contribution in [2.24, 2.45) is 39.8 Å². The molecule has 0 spiro atoms. The first-order valence-electron chi connectivity index (χ1n) is 12.4. The second-order valence-electron chi connectivity index (χ2n) is 11.1. The van der Waals surface area contributed by atoms with Gasteiger partial charge in [0, 0.05) is 26.0 Å². The number of nitrogens with zero attached hydrogens (tertiary/aromatic N) is 1. The summed E-state index contributed by atoms with van der Waals surface area (Å²) < 4.78 is 5.44. The van der Waals surface area contributed by atoms with E-state index in [4.69, 9.17) is 10.5 Å². The van der Waals surface area contributed by atoms with E-state index in [9.17, 15) is 4.79 Å². The molecule has 168 valence electrons. The lowest BCUT2D eigenvalue weighted by atomic mass is 9.40. The molecular weight excluding hydrogens is 384 g/mol. The number of benzene rings is 1. The number of nitrogens with two attached hydrogens (primary N) is 1. The van der Waals surface area contributed by atoms with E-state index in [-0.39, 0.29) is 16.7 Å². The molecule has 2 unspecified atom stereocenters. The zero-order valence-electron chi connectivity index (χ0n) is 19.0. The van der Waals surface area contributed by atoms with Crippen LogP contribution in [0.3, 0.4) is 0 Å². The molecule has 4 nitrogen and oxygen atoms in total. The molecule has 0 aliphatic heterocycles. The van der Waals surface area contributed by atoms with E-state index in [0.717, 1.165) is 58.0 Å². The predicted molar refractivity (Wildman–Crippen MR) is 124 cm³/mol. The van der Waals surface area contributed by atoms with Crippen LogP contribution in [0.2, 0.25) is 0 Å². The first-order valence-corrected chi connectivity index (χ1v) is 12.4. The van der Waals surface area contributed by atoms with Gasteiger partial charge in [0.1, 0.15) is 0 Å². The minimum absolute atomic E-state index is 0.152. The molecule has 31 heavy (non-hydrogen) atoms. The van der Waals surface area contributed by atoms with Crippen molar-refractivity contribution in [3.8, 4) is 0 Å². The molecular formula is C27H38N2O2. The fourth-order valence-corrected chi connectivity index (χ4v) is 7.95. The van der Waals surface area contributed by atoms with Crippen molar-refractivity contribution in [2.75, 3.05) is 13.7 Å². The van der Waals surface area contributed by atoms with Gasteiger partial charge in [-0.05, 0) is 98.9 Å². The zero-order chi connectivity index (χ0) is 21.5. The third-order valence-corrected chi connectivity index (χ3v) is 9.21. The molecule has 1 aromatic carbocycles. The van der Waals surface area contributed by atoms with E-state index < -0.39 is 0 Å². The van der Waals surface area contributed by atoms with Gasteiger partial charge < -0.3 is 10.5 Å². The fourth-order valence-electron chi connectivity index (χ4n) is 7.95. The first kappa shape index (κ1) is 21.3. The van der Waals surface area contributed by atoms with Crippen LogP contribution in [0, 0.1) is 29.1 Å². The molecule has 1 aromatic rings. The van der Waals surface area contributed by atoms with Crippen LogP contribution >= 0.6 is 0 Å². The monoisotopic (exact) mass is 422 g/mol. The van der Waals surface area contributed by atoms with Crippen LogP contribution in [-0.2, 0) is 14.9 Å². The van der Waals surface area contributed by atoms with Crippen LogP contribution in [-0.4, -0.2) is 31.9 Å². The predicted octanol–water partition coefficient (Wildman–Crippen LogP) is 4.90. The molecule has 1 amide bonds. The van der Waals surface area contributed by atoms with Gasteiger partial charge in [-0.3, -0.25) is 4.79 Å². The van der Waals surface area contributed by atoms with Gasteiger partial charge in [0.05, 0.1) is 5.41 Å². The molecule has 4 bridgehead atoms. The second-order valence-corrected chi connectivity index (χ2v) is 11.1. The van der Waals surface area contributed by atoms with Gasteiger partial charge in [0.25, 0.3) is 5.91 Å². The molecule has 2 atom stereocenters. The Morgan fingerprint density at radius 1 is 1.10 bits per heavy atom. The lowest BCUT2D eigenvalue weighted by molar-refractivity contribution is -0.155. The number of hydrogen-bond acceptors (Lipinski definition) is 3. The largest absolute Gasteiger partial charge is 0.385 e. The summed E-state index contributed by atoms with van der Waals surface area (Å²) in [6.45, 7) is 0.832. The van der Waals surface area contributed by atoms with Crippen molar-refractivity contribution in [1.82, 2.24) is 0 Å². The van der Waals surface area contributed by atoms with E-state index in [1.165, 1.54) is 18.4 Å². The quantitative estimate of drug-likeness (QED) is 0.663. The van der Waals surface area contributed by atoms with Gasteiger partial charge in [-0.2, -0.15) is 0 Å². The van der Waals surface area contributed by atoms with Crippen LogP contribution in [0.5, 0.6) is 0 Å². The van der Waals surface area contributed by atoms with Crippen molar-refractivity contribution < 1.29 is 9.53 Å². The molecule has 0 radical (unpaired) electrons. The Kier molecular flexibility index (Phi) is 5.81. The number of carbonyl (C=O) groups excluding carboxylic acids is 1. The summed E-state index contributed by atoms with van der Waals surface area (Å²) in [5.74, 6) is 2.52. The first-order chi connectivity index (χ1) is 15.0. The Bertz CT molecular complexity index is 796. The van der Waals surface area contributed by atoms with Gasteiger partial charge in [-0.25, -0.2) is 4.99 Å². The Hall–Kier alpha value is -1.52. The van der Waals surface area contributed by atoms with E-state index in [0.29, 0.717) is 29.7 Å². The molecule has 0 saturated heterocycles. The van der Waals surface area contributed by atoms with Crippen molar-refractivity contribution >= 4 is 12.1 Å². The Morgan fingerprint density at radius 3 is 2.42 bits per heavy atom. The summed E-state index contributed by atoms with van der Waals surface area (Å²) in [6, 6.07) is 11.4. The highest BCUT2D eigenvalue weighted by Crippen LogP contribution is 2.68. The molecule has 0 heterocycles. The SMILES string of the molecule is COCCC1C2CC3(C(=O)N=CC4CCC(N)CC4)CC1CC(c1ccccc1)(C2)C3. The van der Waals surface area contributed by atoms with Crippen LogP contribution in [0.1, 0.15) is 69.8 Å². The maximum Gasteiger partial charge on any atom is 0.251 e. The maximum absolute atomic E-state index is 13.7. The molecule has 0 aromatic heterocycles. The highest BCUT2D eigenvalue weighted by molar-refractivity contribution is 5.90. The smallest absolute Gasteiger partial charge is 0.251 e. The Morgan fingerprint density at radius 2 is 1.77 bits per heavy atom. The Labute approximate surface area is 187 Å². The standard InChI is InChI=1S/C27H38N2O2/c1-31-12-11-24-20-13-26(22-5-3-2-4-6-22)14-21(24)16-27(15-20,18-26)25(30)29-17-19-7-9-23(28)10-8-19/h2-6,17,19-21,23-24H,7-16,18,28H2,1H3. The van der Waals surface area contributed by atoms with Crippen molar-refractivity contribution in [2.45, 2.75) is 75.7 Å². The number of aliphatic imine (C=N–C) groups is 1. The highest BCUT2D eigenvalue weighted by atomic mass is 16.5. The van der Waals surface area contributed by atoms with Gasteiger partial charge in [-0.15, -0.1) is 0 Å². The van der Waals surface area contributed by atoms with Gasteiger partial charge in [0.2, 0.25) is 0 Å². The lowest BCUT2D eigenvalue weighted by Gasteiger charge is -2.64. The van der Waals surface area contributed by atoms with Crippen molar-refractivity contribution in [3.05, 3.63) is 35.9 Å². The third-order valence-electron chi connectivity index (χ3n) is 9.21. The summed E-state index contributed by atoms with van der Waals surface area (Å²) >= 11 is 0. The molecule has 5 aliphatic rings. The summed E-state index contributed by atoms with van der Waals surface area (Å²) in [6.07, 6.45) is 12.9. The number of rotatable bonds is 6. The van der Waals surface area contributed by atoms with Gasteiger partial charge >= 0.3 is 0 Å². The third kappa shape index (κ3) is 3.91. The van der Waals surface area contributed by atoms with Crippen LogP contribution in [0.4, 0.5) is 0 Å². The molecule has 5 fully saturated rings. The zero-order valence-corrected chi connectivity index (χ0v) is 19.0. The van der Waals surface area contributed by atoms with E-state index in [1.54, 1.807) is 7.11 Å². The van der Waals surface area contributed by atoms with Gasteiger partial charge in [-0.1, -0.05) is 30.3 Å². The number of carbonyl (C=O) groups is 1. The molecule has 6 rings (SSSR count). The highest BCUT2D eigenvalue weighted by Gasteiger charge is 2.63. The summed E-state index contributed by atoms with van der Waals surface area (Å²) in [5, 5.41) is 0. The summed E-state index contributed by atoms with van der Waals surface area (Å²) in [4.78, 5) is 18.3. The molecule has 2 N–H and O–H groups in total. The number of hydrogen-bond donors (Lipinski definition) is 1. The van der Waals surface area contributed by atoms with E-state index in [1.807, 2.05) is 6.21 Å². The van der Waals surface area contributed by atoms with Crippen LogP contribution < -0.4 is 5.73 Å². The topological polar surface area (TPSA) is 64.7 Å². The number of ether oxygens (including phenoxy) is 1. The maximum atomic E-state index is 13.7. The summed E-state index contributed by atoms with van der Waals surface area (Å²) in [7, 11) is 1.80. The van der Waals surface area contributed by atoms with E-state index in [2.05, 4.69) is 35.3 Å². The minimum Gasteiger partial charge on any atom is -0.385 e. The minimum atomic E-state index is -0.257. The normalized spacial score (nSPS) is 41.7. The average molecular weight is 423 g/mol. The van der Waals surface area contributed by atoms with Crippen molar-refractivity contribution in [3.63, 3.8) is 0 Å². The average Bonchev–Trinajstić information content (AvgIpc) is 2.78. The number of amides is 1. The fraction of sp³-hybridized carbons (Fsp3) is 0.704. The molecule has 5 aliphatic carbocycles. The lowest BCUT2D eigenvalue weighted by Crippen LogP contribution is -2.60. The van der Waals surface area contributed by atoms with Crippen molar-refractivity contribution in [1.29, 1.82) is 0 Å². The number of methoxy groups -OCH3 is 1. The van der Waals surface area contributed by atoms with Gasteiger partial charge in [0.15, 0.2) is 0 Å².